The second-order valence-corrected chi connectivity index (χ2v) is 8.91. The molecule has 0 aromatic heterocycles. The maximum absolute atomic E-state index is 13.6. The third kappa shape index (κ3) is 3.64. The molecule has 15 heavy (non-hydrogen) atoms. The molecule has 84 valence electrons. The summed E-state index contributed by atoms with van der Waals surface area (Å²) in [7, 11) is -1.77. The molecule has 0 amide bonds. The smallest absolute Gasteiger partial charge is 0.242 e. The maximum Gasteiger partial charge on any atom is 0.242 e. The molecule has 1 aromatic carbocycles. The van der Waals surface area contributed by atoms with Gasteiger partial charge < -0.3 is 10.2 Å². The summed E-state index contributed by atoms with van der Waals surface area (Å²) in [5.74, 6) is 0.102. The summed E-state index contributed by atoms with van der Waals surface area (Å²) < 4.78 is 19.3. The molecule has 4 heteroatoms. The summed E-state index contributed by atoms with van der Waals surface area (Å²) >= 11 is 0. The first-order valence-corrected chi connectivity index (χ1v) is 8.51. The number of nitrogens with two attached hydrogens (primary N) is 1. The fourth-order valence-corrected chi connectivity index (χ4v) is 2.17. The van der Waals surface area contributed by atoms with Gasteiger partial charge in [0.25, 0.3) is 0 Å². The van der Waals surface area contributed by atoms with Crippen molar-refractivity contribution in [3.8, 4) is 5.75 Å². The summed E-state index contributed by atoms with van der Waals surface area (Å²) in [6, 6.07) is 4.98. The van der Waals surface area contributed by atoms with E-state index < -0.39 is 8.32 Å². The van der Waals surface area contributed by atoms with Gasteiger partial charge >= 0.3 is 0 Å². The fourth-order valence-electron chi connectivity index (χ4n) is 1.33. The Kier molecular flexibility index (Phi) is 3.88. The standard InChI is InChI=1S/C11H18FNOSi/c1-15(2,3)14-11-9(7-8-13)5-4-6-10(11)12/h4-6H,7-8,13H2,1-3H3. The van der Waals surface area contributed by atoms with Crippen LogP contribution < -0.4 is 10.2 Å². The van der Waals surface area contributed by atoms with Crippen LogP contribution in [0.25, 0.3) is 0 Å². The Morgan fingerprint density at radius 3 is 2.53 bits per heavy atom. The molecule has 0 saturated carbocycles. The second-order valence-electron chi connectivity index (χ2n) is 4.48. The van der Waals surface area contributed by atoms with E-state index in [0.29, 0.717) is 18.7 Å². The molecule has 2 N–H and O–H groups in total. The number of hydrogen-bond donors (Lipinski definition) is 1. The van der Waals surface area contributed by atoms with Crippen LogP contribution in [0, 0.1) is 5.82 Å². The number of benzene rings is 1. The Bertz CT molecular complexity index is 336. The van der Waals surface area contributed by atoms with Gasteiger partial charge in [-0.3, -0.25) is 0 Å². The van der Waals surface area contributed by atoms with Crippen molar-refractivity contribution in [1.82, 2.24) is 0 Å². The summed E-state index contributed by atoms with van der Waals surface area (Å²) in [5, 5.41) is 0. The highest BCUT2D eigenvalue weighted by Gasteiger charge is 2.20. The molecule has 0 aliphatic heterocycles. The van der Waals surface area contributed by atoms with Crippen LogP contribution in [0.4, 0.5) is 4.39 Å². The molecule has 0 aliphatic carbocycles. The number of rotatable bonds is 4. The molecule has 0 fully saturated rings. The zero-order chi connectivity index (χ0) is 11.5. The lowest BCUT2D eigenvalue weighted by Crippen LogP contribution is -2.30. The summed E-state index contributed by atoms with van der Waals surface area (Å²) in [5.41, 5.74) is 6.34. The normalized spacial score (nSPS) is 11.5. The SMILES string of the molecule is C[Si](C)(C)Oc1c(F)cccc1CCN. The van der Waals surface area contributed by atoms with Gasteiger partial charge in [-0.05, 0) is 44.2 Å². The molecule has 1 aromatic rings. The molecule has 0 aliphatic rings. The molecular formula is C11H18FNOSi. The predicted molar refractivity (Wildman–Crippen MR) is 63.1 cm³/mol. The lowest BCUT2D eigenvalue weighted by atomic mass is 10.1. The third-order valence-corrected chi connectivity index (χ3v) is 2.69. The van der Waals surface area contributed by atoms with Gasteiger partial charge in [0.15, 0.2) is 5.82 Å². The van der Waals surface area contributed by atoms with E-state index >= 15 is 0 Å². The average molecular weight is 227 g/mol. The van der Waals surface area contributed by atoms with Gasteiger partial charge in [-0.2, -0.15) is 0 Å². The van der Waals surface area contributed by atoms with Gasteiger partial charge in [0.05, 0.1) is 0 Å². The van der Waals surface area contributed by atoms with E-state index in [1.54, 1.807) is 6.07 Å². The minimum Gasteiger partial charge on any atom is -0.542 e. The van der Waals surface area contributed by atoms with Crippen LogP contribution in [0.3, 0.4) is 0 Å². The van der Waals surface area contributed by atoms with Crippen LogP contribution >= 0.6 is 0 Å². The van der Waals surface area contributed by atoms with E-state index in [1.165, 1.54) is 6.07 Å². The van der Waals surface area contributed by atoms with Gasteiger partial charge in [-0.25, -0.2) is 4.39 Å². The van der Waals surface area contributed by atoms with E-state index in [4.69, 9.17) is 10.2 Å². The zero-order valence-electron chi connectivity index (χ0n) is 9.51. The van der Waals surface area contributed by atoms with Crippen molar-refractivity contribution in [2.75, 3.05) is 6.54 Å². The predicted octanol–water partition coefficient (Wildman–Crippen LogP) is 2.54. The van der Waals surface area contributed by atoms with E-state index in [9.17, 15) is 4.39 Å². The van der Waals surface area contributed by atoms with Gasteiger partial charge in [-0.1, -0.05) is 12.1 Å². The van der Waals surface area contributed by atoms with Crippen molar-refractivity contribution < 1.29 is 8.82 Å². The fraction of sp³-hybridized carbons (Fsp3) is 0.455. The summed E-state index contributed by atoms with van der Waals surface area (Å²) in [6.07, 6.45) is 0.650. The van der Waals surface area contributed by atoms with Gasteiger partial charge in [-0.15, -0.1) is 0 Å². The molecule has 1 rings (SSSR count). The van der Waals surface area contributed by atoms with E-state index in [0.717, 1.165) is 5.56 Å². The van der Waals surface area contributed by atoms with Crippen LogP contribution in [0.1, 0.15) is 5.56 Å². The van der Waals surface area contributed by atoms with Crippen LogP contribution in [0.5, 0.6) is 5.75 Å². The van der Waals surface area contributed by atoms with Crippen molar-refractivity contribution >= 4 is 8.32 Å². The van der Waals surface area contributed by atoms with Crippen LogP contribution in [0.15, 0.2) is 18.2 Å². The molecule has 0 unspecified atom stereocenters. The quantitative estimate of drug-likeness (QED) is 0.802. The lowest BCUT2D eigenvalue weighted by Gasteiger charge is -2.22. The Morgan fingerprint density at radius 2 is 2.00 bits per heavy atom. The number of halogens is 1. The minimum absolute atomic E-state index is 0.289. The van der Waals surface area contributed by atoms with E-state index in [-0.39, 0.29) is 5.82 Å². The zero-order valence-corrected chi connectivity index (χ0v) is 10.5. The molecule has 0 spiro atoms. The van der Waals surface area contributed by atoms with Crippen molar-refractivity contribution in [2.24, 2.45) is 5.73 Å². The molecule has 2 nitrogen and oxygen atoms in total. The molecule has 0 bridgehead atoms. The summed E-state index contributed by atoms with van der Waals surface area (Å²) in [4.78, 5) is 0. The first-order valence-electron chi connectivity index (χ1n) is 5.10. The largest absolute Gasteiger partial charge is 0.542 e. The van der Waals surface area contributed by atoms with Crippen LogP contribution in [0.2, 0.25) is 19.6 Å². The van der Waals surface area contributed by atoms with Crippen LogP contribution in [-0.2, 0) is 6.42 Å². The first-order chi connectivity index (χ1) is 6.94. The topological polar surface area (TPSA) is 35.2 Å². The van der Waals surface area contributed by atoms with E-state index in [1.807, 2.05) is 25.7 Å². The average Bonchev–Trinajstić information content (AvgIpc) is 2.10. The van der Waals surface area contributed by atoms with Gasteiger partial charge in [0.2, 0.25) is 8.32 Å². The van der Waals surface area contributed by atoms with E-state index in [2.05, 4.69) is 0 Å². The highest BCUT2D eigenvalue weighted by atomic mass is 28.4. The first kappa shape index (κ1) is 12.2. The molecular weight excluding hydrogens is 209 g/mol. The summed E-state index contributed by atoms with van der Waals surface area (Å²) in [6.45, 7) is 6.61. The molecule has 0 radical (unpaired) electrons. The highest BCUT2D eigenvalue weighted by Crippen LogP contribution is 2.25. The molecule has 0 heterocycles. The van der Waals surface area contributed by atoms with Crippen LogP contribution in [-0.4, -0.2) is 14.9 Å². The Morgan fingerprint density at radius 1 is 1.33 bits per heavy atom. The second kappa shape index (κ2) is 4.77. The Hall–Kier alpha value is -0.873. The van der Waals surface area contributed by atoms with Crippen molar-refractivity contribution in [1.29, 1.82) is 0 Å². The third-order valence-electron chi connectivity index (χ3n) is 1.87. The van der Waals surface area contributed by atoms with Crippen molar-refractivity contribution in [2.45, 2.75) is 26.1 Å². The monoisotopic (exact) mass is 227 g/mol. The Labute approximate surface area is 91.4 Å². The Balaban J connectivity index is 3.02. The van der Waals surface area contributed by atoms with Gasteiger partial charge in [0.1, 0.15) is 5.75 Å². The minimum atomic E-state index is -1.77. The highest BCUT2D eigenvalue weighted by molar-refractivity contribution is 6.70. The van der Waals surface area contributed by atoms with Crippen molar-refractivity contribution in [3.63, 3.8) is 0 Å². The lowest BCUT2D eigenvalue weighted by molar-refractivity contribution is 0.489. The molecule has 0 saturated heterocycles. The van der Waals surface area contributed by atoms with Gasteiger partial charge in [0, 0.05) is 0 Å². The number of para-hydroxylation sites is 1. The van der Waals surface area contributed by atoms with Crippen molar-refractivity contribution in [3.05, 3.63) is 29.6 Å². The maximum atomic E-state index is 13.6. The molecule has 0 atom stereocenters. The number of hydrogen-bond acceptors (Lipinski definition) is 2.